The summed E-state index contributed by atoms with van der Waals surface area (Å²) in [4.78, 5) is 43.5. The molecule has 0 radical (unpaired) electrons. The van der Waals surface area contributed by atoms with Crippen molar-refractivity contribution in [1.29, 1.82) is 0 Å². The van der Waals surface area contributed by atoms with Crippen LogP contribution in [0.5, 0.6) is 0 Å². The molecule has 0 spiro atoms. The Balaban J connectivity index is 0.000000173. The Morgan fingerprint density at radius 3 is 1.71 bits per heavy atom. The van der Waals surface area contributed by atoms with Crippen LogP contribution in [0.25, 0.3) is 0 Å². The van der Waals surface area contributed by atoms with Crippen molar-refractivity contribution in [2.75, 3.05) is 0 Å². The Bertz CT molecular complexity index is 695. The number of benzene rings is 1. The molecule has 21 heavy (non-hydrogen) atoms. The van der Waals surface area contributed by atoms with Crippen molar-refractivity contribution in [3.8, 4) is 0 Å². The average molecular weight is 280 g/mol. The topological polar surface area (TPSA) is 68.3 Å². The highest BCUT2D eigenvalue weighted by Gasteiger charge is 2.21. The van der Waals surface area contributed by atoms with Crippen molar-refractivity contribution in [2.45, 2.75) is 6.92 Å². The minimum Gasteiger partial charge on any atom is -0.290 e. The lowest BCUT2D eigenvalue weighted by molar-refractivity contribution is -0.113. The first-order valence-corrected chi connectivity index (χ1v) is 6.29. The summed E-state index contributed by atoms with van der Waals surface area (Å²) in [7, 11) is 0. The van der Waals surface area contributed by atoms with Gasteiger partial charge in [0.05, 0.1) is 0 Å². The van der Waals surface area contributed by atoms with Gasteiger partial charge in [0.1, 0.15) is 0 Å². The number of carbonyl (C=O) groups excluding carboxylic acids is 4. The second kappa shape index (κ2) is 6.05. The van der Waals surface area contributed by atoms with Gasteiger partial charge in [0.2, 0.25) is 0 Å². The van der Waals surface area contributed by atoms with Crippen LogP contribution in [-0.2, 0) is 9.59 Å². The molecule has 0 amide bonds. The molecule has 1 aromatic carbocycles. The predicted molar refractivity (Wildman–Crippen MR) is 77.2 cm³/mol. The molecule has 3 rings (SSSR count). The molecule has 0 heterocycles. The van der Waals surface area contributed by atoms with Crippen LogP contribution in [0.2, 0.25) is 0 Å². The Morgan fingerprint density at radius 2 is 1.19 bits per heavy atom. The lowest BCUT2D eigenvalue weighted by atomic mass is 9.90. The van der Waals surface area contributed by atoms with Gasteiger partial charge in [-0.3, -0.25) is 19.2 Å². The van der Waals surface area contributed by atoms with Gasteiger partial charge in [-0.1, -0.05) is 24.3 Å². The first-order valence-electron chi connectivity index (χ1n) is 6.29. The maximum atomic E-state index is 11.5. The SMILES string of the molecule is CC1=CC(=O)c2ccccc2C1=O.O=C1C=CC(=O)C=C1. The normalized spacial score (nSPS) is 16.1. The smallest absolute Gasteiger partial charge is 0.189 e. The number of fused-ring (bicyclic) bond motifs is 1. The summed E-state index contributed by atoms with van der Waals surface area (Å²) in [6, 6.07) is 6.89. The number of hydrogen-bond acceptors (Lipinski definition) is 4. The van der Waals surface area contributed by atoms with Gasteiger partial charge in [-0.15, -0.1) is 0 Å². The van der Waals surface area contributed by atoms with Crippen molar-refractivity contribution in [3.05, 3.63) is 71.3 Å². The Hall–Kier alpha value is -2.88. The maximum absolute atomic E-state index is 11.5. The fourth-order valence-electron chi connectivity index (χ4n) is 1.89. The molecule has 0 atom stereocenters. The number of rotatable bonds is 0. The van der Waals surface area contributed by atoms with E-state index in [-0.39, 0.29) is 23.1 Å². The highest BCUT2D eigenvalue weighted by atomic mass is 16.1. The molecule has 0 saturated carbocycles. The van der Waals surface area contributed by atoms with Gasteiger partial charge < -0.3 is 0 Å². The molecule has 0 unspecified atom stereocenters. The van der Waals surface area contributed by atoms with Crippen molar-refractivity contribution < 1.29 is 19.2 Å². The highest BCUT2D eigenvalue weighted by molar-refractivity contribution is 6.24. The molecule has 0 bridgehead atoms. The molecule has 104 valence electrons. The Labute approximate surface area is 121 Å². The molecule has 0 aliphatic heterocycles. The summed E-state index contributed by atoms with van der Waals surface area (Å²) in [6.07, 6.45) is 6.40. The zero-order chi connectivity index (χ0) is 15.4. The summed E-state index contributed by atoms with van der Waals surface area (Å²) in [6.45, 7) is 1.66. The number of allylic oxidation sites excluding steroid dienone is 6. The van der Waals surface area contributed by atoms with Crippen molar-refractivity contribution in [2.24, 2.45) is 0 Å². The maximum Gasteiger partial charge on any atom is 0.189 e. The lowest BCUT2D eigenvalue weighted by Gasteiger charge is -2.11. The third-order valence-corrected chi connectivity index (χ3v) is 2.97. The molecule has 4 nitrogen and oxygen atoms in total. The van der Waals surface area contributed by atoms with Gasteiger partial charge in [0.15, 0.2) is 23.1 Å². The summed E-state index contributed by atoms with van der Waals surface area (Å²) in [5.74, 6) is -0.364. The Morgan fingerprint density at radius 1 is 0.714 bits per heavy atom. The van der Waals surface area contributed by atoms with Crippen LogP contribution in [0, 0.1) is 0 Å². The van der Waals surface area contributed by atoms with E-state index < -0.39 is 0 Å². The van der Waals surface area contributed by atoms with Crippen LogP contribution in [0.1, 0.15) is 27.6 Å². The van der Waals surface area contributed by atoms with Gasteiger partial charge >= 0.3 is 0 Å². The summed E-state index contributed by atoms with van der Waals surface area (Å²) >= 11 is 0. The first-order chi connectivity index (χ1) is 9.99. The average Bonchev–Trinajstić information content (AvgIpc) is 2.49. The van der Waals surface area contributed by atoms with Crippen molar-refractivity contribution in [1.82, 2.24) is 0 Å². The number of Topliss-reactive ketones (excluding diaryl/α,β-unsaturated/α-hetero) is 1. The zero-order valence-corrected chi connectivity index (χ0v) is 11.3. The molecule has 2 aliphatic rings. The van der Waals surface area contributed by atoms with E-state index in [1.807, 2.05) is 0 Å². The molecule has 0 N–H and O–H groups in total. The van der Waals surface area contributed by atoms with E-state index >= 15 is 0 Å². The van der Waals surface area contributed by atoms with Crippen molar-refractivity contribution >= 4 is 23.1 Å². The van der Waals surface area contributed by atoms with Gasteiger partial charge in [0.25, 0.3) is 0 Å². The van der Waals surface area contributed by atoms with Gasteiger partial charge in [-0.2, -0.15) is 0 Å². The quantitative estimate of drug-likeness (QED) is 0.684. The number of carbonyl (C=O) groups is 4. The fraction of sp³-hybridized carbons (Fsp3) is 0.0588. The van der Waals surface area contributed by atoms with E-state index in [9.17, 15) is 19.2 Å². The molecule has 0 aromatic heterocycles. The minimum atomic E-state index is -0.121. The van der Waals surface area contributed by atoms with Gasteiger partial charge in [-0.05, 0) is 37.3 Å². The van der Waals surface area contributed by atoms with Gasteiger partial charge in [0, 0.05) is 16.7 Å². The fourth-order valence-corrected chi connectivity index (χ4v) is 1.89. The van der Waals surface area contributed by atoms with Crippen LogP contribution in [-0.4, -0.2) is 23.1 Å². The van der Waals surface area contributed by atoms with E-state index in [1.54, 1.807) is 31.2 Å². The van der Waals surface area contributed by atoms with Crippen LogP contribution < -0.4 is 0 Å². The van der Waals surface area contributed by atoms with Gasteiger partial charge in [-0.25, -0.2) is 0 Å². The van der Waals surface area contributed by atoms with Crippen LogP contribution >= 0.6 is 0 Å². The summed E-state index contributed by atoms with van der Waals surface area (Å²) in [5.41, 5.74) is 1.55. The van der Waals surface area contributed by atoms with E-state index in [0.29, 0.717) is 16.7 Å². The first kappa shape index (κ1) is 14.5. The largest absolute Gasteiger partial charge is 0.290 e. The molecule has 1 aromatic rings. The van der Waals surface area contributed by atoms with E-state index in [0.717, 1.165) is 0 Å². The molecule has 0 fully saturated rings. The third kappa shape index (κ3) is 3.36. The summed E-state index contributed by atoms with van der Waals surface area (Å²) in [5, 5.41) is 0. The zero-order valence-electron chi connectivity index (χ0n) is 11.3. The number of hydrogen-bond donors (Lipinski definition) is 0. The second-order valence-electron chi connectivity index (χ2n) is 4.54. The number of ketones is 4. The lowest BCUT2D eigenvalue weighted by Crippen LogP contribution is -2.14. The summed E-state index contributed by atoms with van der Waals surface area (Å²) < 4.78 is 0. The molecule has 4 heteroatoms. The minimum absolute atomic E-state index is 0.0461. The van der Waals surface area contributed by atoms with Crippen LogP contribution in [0.15, 0.2) is 60.2 Å². The van der Waals surface area contributed by atoms with E-state index in [1.165, 1.54) is 30.4 Å². The predicted octanol–water partition coefficient (Wildman–Crippen LogP) is 2.26. The molecular formula is C17H12O4. The van der Waals surface area contributed by atoms with E-state index in [4.69, 9.17) is 0 Å². The molecule has 2 aliphatic carbocycles. The molecular weight excluding hydrogens is 268 g/mol. The monoisotopic (exact) mass is 280 g/mol. The highest BCUT2D eigenvalue weighted by Crippen LogP contribution is 2.20. The molecule has 0 saturated heterocycles. The standard InChI is InChI=1S/C11H8O2.C6H4O2/c1-7-6-10(12)8-4-2-3-5-9(8)11(7)13;7-5-1-2-6(8)4-3-5/h2-6H,1H3;1-4H. The third-order valence-electron chi connectivity index (χ3n) is 2.97. The second-order valence-corrected chi connectivity index (χ2v) is 4.54. The van der Waals surface area contributed by atoms with E-state index in [2.05, 4.69) is 0 Å². The van der Waals surface area contributed by atoms with Crippen LogP contribution in [0.4, 0.5) is 0 Å². The van der Waals surface area contributed by atoms with Crippen molar-refractivity contribution in [3.63, 3.8) is 0 Å². The van der Waals surface area contributed by atoms with Crippen LogP contribution in [0.3, 0.4) is 0 Å². The Kier molecular flexibility index (Phi) is 4.18.